The molecule has 134 valence electrons. The summed E-state index contributed by atoms with van der Waals surface area (Å²) in [5, 5.41) is 4.83. The Morgan fingerprint density at radius 2 is 2.04 bits per heavy atom. The molecule has 1 aromatic heterocycles. The number of benzene rings is 2. The van der Waals surface area contributed by atoms with Gasteiger partial charge in [-0.05, 0) is 55.8 Å². The second kappa shape index (κ2) is 7.88. The molecule has 0 aliphatic rings. The van der Waals surface area contributed by atoms with E-state index in [9.17, 15) is 9.18 Å². The number of aryl methyl sites for hydroxylation is 2. The van der Waals surface area contributed by atoms with E-state index in [1.165, 1.54) is 25.3 Å². The molecule has 0 fully saturated rings. The minimum absolute atomic E-state index is 0.156. The number of methoxy groups -OCH3 is 1. The first-order valence-electron chi connectivity index (χ1n) is 7.82. The van der Waals surface area contributed by atoms with Crippen molar-refractivity contribution in [3.8, 4) is 5.75 Å². The number of ether oxygens (including phenoxy) is 1. The van der Waals surface area contributed by atoms with Gasteiger partial charge in [-0.1, -0.05) is 11.8 Å². The Labute approximate surface area is 159 Å². The minimum atomic E-state index is -0.488. The van der Waals surface area contributed by atoms with Gasteiger partial charge in [0.25, 0.3) is 5.91 Å². The molecule has 0 aliphatic carbocycles. The first-order chi connectivity index (χ1) is 12.5. The monoisotopic (exact) mass is 388 g/mol. The number of hydrogen-bond donors (Lipinski definition) is 1. The Morgan fingerprint density at radius 1 is 1.23 bits per heavy atom. The van der Waals surface area contributed by atoms with E-state index in [4.69, 9.17) is 4.74 Å². The average molecular weight is 388 g/mol. The molecule has 1 amide bonds. The number of thiazole rings is 1. The molecule has 3 aromatic rings. The third-order valence-corrected chi connectivity index (χ3v) is 5.70. The van der Waals surface area contributed by atoms with Gasteiger partial charge in [-0.25, -0.2) is 9.37 Å². The molecule has 0 radical (unpaired) electrons. The number of rotatable bonds is 5. The maximum atomic E-state index is 13.5. The summed E-state index contributed by atoms with van der Waals surface area (Å²) in [6.07, 6.45) is 0. The lowest BCUT2D eigenvalue weighted by Crippen LogP contribution is -2.14. The first-order valence-corrected chi connectivity index (χ1v) is 9.51. The molecule has 0 saturated heterocycles. The Kier molecular flexibility index (Phi) is 5.58. The summed E-state index contributed by atoms with van der Waals surface area (Å²) in [6, 6.07) is 9.60. The highest BCUT2D eigenvalue weighted by atomic mass is 32.2. The summed E-state index contributed by atoms with van der Waals surface area (Å²) in [7, 11) is 1.45. The summed E-state index contributed by atoms with van der Waals surface area (Å²) in [4.78, 5) is 18.0. The molecule has 4 nitrogen and oxygen atoms in total. The summed E-state index contributed by atoms with van der Waals surface area (Å²) < 4.78 is 19.6. The molecule has 7 heteroatoms. The SMILES string of the molecule is COc1ccc(F)cc1C(=O)Nc1ccc(Sc2nc(C)cs2)cc1C. The average Bonchev–Trinajstić information content (AvgIpc) is 3.02. The fraction of sp³-hybridized carbons (Fsp3) is 0.158. The van der Waals surface area contributed by atoms with Gasteiger partial charge in [0.1, 0.15) is 11.6 Å². The van der Waals surface area contributed by atoms with Crippen molar-refractivity contribution >= 4 is 34.7 Å². The van der Waals surface area contributed by atoms with Gasteiger partial charge in [-0.15, -0.1) is 11.3 Å². The summed E-state index contributed by atoms with van der Waals surface area (Å²) in [6.45, 7) is 3.88. The van der Waals surface area contributed by atoms with E-state index in [1.807, 2.05) is 37.4 Å². The zero-order chi connectivity index (χ0) is 18.7. The molecule has 1 N–H and O–H groups in total. The van der Waals surface area contributed by atoms with Crippen LogP contribution in [0.1, 0.15) is 21.6 Å². The number of carbonyl (C=O) groups is 1. The van der Waals surface area contributed by atoms with Crippen LogP contribution in [-0.4, -0.2) is 18.0 Å². The Morgan fingerprint density at radius 3 is 2.69 bits per heavy atom. The number of anilines is 1. The van der Waals surface area contributed by atoms with Crippen molar-refractivity contribution in [1.29, 1.82) is 0 Å². The summed E-state index contributed by atoms with van der Waals surface area (Å²) >= 11 is 3.18. The van der Waals surface area contributed by atoms with Crippen LogP contribution in [0.4, 0.5) is 10.1 Å². The van der Waals surface area contributed by atoms with Gasteiger partial charge < -0.3 is 10.1 Å². The van der Waals surface area contributed by atoms with Crippen LogP contribution >= 0.6 is 23.1 Å². The van der Waals surface area contributed by atoms with Crippen molar-refractivity contribution in [3.05, 3.63) is 64.4 Å². The van der Waals surface area contributed by atoms with Gasteiger partial charge in [0.15, 0.2) is 4.34 Å². The maximum Gasteiger partial charge on any atom is 0.259 e. The Bertz CT molecular complexity index is 956. The number of amides is 1. The van der Waals surface area contributed by atoms with Gasteiger partial charge in [-0.2, -0.15) is 0 Å². The van der Waals surface area contributed by atoms with Gasteiger partial charge in [0, 0.05) is 21.7 Å². The first kappa shape index (κ1) is 18.4. The van der Waals surface area contributed by atoms with Crippen molar-refractivity contribution in [2.45, 2.75) is 23.1 Å². The maximum absolute atomic E-state index is 13.5. The van der Waals surface area contributed by atoms with Crippen molar-refractivity contribution in [2.24, 2.45) is 0 Å². The van der Waals surface area contributed by atoms with Gasteiger partial charge in [0.05, 0.1) is 12.7 Å². The second-order valence-corrected chi connectivity index (χ2v) is 7.81. The van der Waals surface area contributed by atoms with Crippen molar-refractivity contribution in [3.63, 3.8) is 0 Å². The van der Waals surface area contributed by atoms with Crippen molar-refractivity contribution in [2.75, 3.05) is 12.4 Å². The highest BCUT2D eigenvalue weighted by molar-refractivity contribution is 8.01. The van der Waals surface area contributed by atoms with E-state index in [0.29, 0.717) is 11.4 Å². The topological polar surface area (TPSA) is 51.2 Å². The van der Waals surface area contributed by atoms with E-state index in [0.717, 1.165) is 20.5 Å². The highest BCUT2D eigenvalue weighted by Crippen LogP contribution is 2.32. The van der Waals surface area contributed by atoms with E-state index >= 15 is 0 Å². The lowest BCUT2D eigenvalue weighted by atomic mass is 10.1. The molecule has 0 aliphatic heterocycles. The molecule has 26 heavy (non-hydrogen) atoms. The third kappa shape index (κ3) is 4.23. The predicted molar refractivity (Wildman–Crippen MR) is 103 cm³/mol. The van der Waals surface area contributed by atoms with Crippen LogP contribution in [-0.2, 0) is 0 Å². The zero-order valence-corrected chi connectivity index (χ0v) is 16.1. The van der Waals surface area contributed by atoms with Crippen LogP contribution in [0, 0.1) is 19.7 Å². The van der Waals surface area contributed by atoms with Gasteiger partial charge in [-0.3, -0.25) is 4.79 Å². The quantitative estimate of drug-likeness (QED) is 0.643. The smallest absolute Gasteiger partial charge is 0.259 e. The van der Waals surface area contributed by atoms with Crippen LogP contribution in [0.5, 0.6) is 5.75 Å². The van der Waals surface area contributed by atoms with E-state index in [1.54, 1.807) is 23.1 Å². The molecular weight excluding hydrogens is 371 g/mol. The molecule has 2 aromatic carbocycles. The fourth-order valence-electron chi connectivity index (χ4n) is 2.37. The normalized spacial score (nSPS) is 10.6. The second-order valence-electron chi connectivity index (χ2n) is 5.63. The van der Waals surface area contributed by atoms with Crippen LogP contribution < -0.4 is 10.1 Å². The molecule has 3 rings (SSSR count). The lowest BCUT2D eigenvalue weighted by molar-refractivity contribution is 0.102. The molecule has 1 heterocycles. The number of halogens is 1. The fourth-order valence-corrected chi connectivity index (χ4v) is 4.28. The Hall–Kier alpha value is -2.38. The molecule has 0 atom stereocenters. The van der Waals surface area contributed by atoms with Crippen LogP contribution in [0.25, 0.3) is 0 Å². The number of nitrogens with zero attached hydrogens (tertiary/aromatic N) is 1. The van der Waals surface area contributed by atoms with Crippen molar-refractivity contribution < 1.29 is 13.9 Å². The van der Waals surface area contributed by atoms with Crippen LogP contribution in [0.3, 0.4) is 0 Å². The molecule has 0 unspecified atom stereocenters. The molecule has 0 saturated carbocycles. The van der Waals surface area contributed by atoms with Gasteiger partial charge >= 0.3 is 0 Å². The van der Waals surface area contributed by atoms with E-state index < -0.39 is 11.7 Å². The third-order valence-electron chi connectivity index (χ3n) is 3.66. The highest BCUT2D eigenvalue weighted by Gasteiger charge is 2.15. The van der Waals surface area contributed by atoms with E-state index in [-0.39, 0.29) is 5.56 Å². The molecular formula is C19H17FN2O2S2. The van der Waals surface area contributed by atoms with Crippen LogP contribution in [0.15, 0.2) is 51.0 Å². The summed E-state index contributed by atoms with van der Waals surface area (Å²) in [5.41, 5.74) is 2.73. The van der Waals surface area contributed by atoms with Crippen molar-refractivity contribution in [1.82, 2.24) is 4.98 Å². The largest absolute Gasteiger partial charge is 0.496 e. The van der Waals surface area contributed by atoms with Gasteiger partial charge in [0.2, 0.25) is 0 Å². The standard InChI is InChI=1S/C19H17FN2O2S2/c1-11-8-14(26-19-21-12(2)10-25-19)5-6-16(11)22-18(23)15-9-13(20)4-7-17(15)24-3/h4-10H,1-3H3,(H,22,23). The van der Waals surface area contributed by atoms with E-state index in [2.05, 4.69) is 10.3 Å². The lowest BCUT2D eigenvalue weighted by Gasteiger charge is -2.12. The van der Waals surface area contributed by atoms with Crippen LogP contribution in [0.2, 0.25) is 0 Å². The Balaban J connectivity index is 1.78. The predicted octanol–water partition coefficient (Wildman–Crippen LogP) is 5.31. The minimum Gasteiger partial charge on any atom is -0.496 e. The number of carbonyl (C=O) groups excluding carboxylic acids is 1. The molecule has 0 spiro atoms. The number of nitrogens with one attached hydrogen (secondary N) is 1. The number of hydrogen-bond acceptors (Lipinski definition) is 5. The number of aromatic nitrogens is 1. The zero-order valence-electron chi connectivity index (χ0n) is 14.5. The summed E-state index contributed by atoms with van der Waals surface area (Å²) in [5.74, 6) is -0.577. The molecule has 0 bridgehead atoms.